The molecule has 0 aromatic heterocycles. The molecule has 0 amide bonds. The summed E-state index contributed by atoms with van der Waals surface area (Å²) in [5, 5.41) is 18.8. The Kier molecular flexibility index (Phi) is 2.64. The van der Waals surface area contributed by atoms with Gasteiger partial charge in [0.2, 0.25) is 0 Å². The summed E-state index contributed by atoms with van der Waals surface area (Å²) in [5.74, 6) is 0. The Morgan fingerprint density at radius 1 is 1.31 bits per heavy atom. The summed E-state index contributed by atoms with van der Waals surface area (Å²) in [5.41, 5.74) is 0. The van der Waals surface area contributed by atoms with Crippen molar-refractivity contribution in [2.75, 3.05) is 13.3 Å². The van der Waals surface area contributed by atoms with Crippen LogP contribution in [0.15, 0.2) is 10.6 Å². The van der Waals surface area contributed by atoms with Crippen molar-refractivity contribution in [1.82, 2.24) is 15.3 Å². The van der Waals surface area contributed by atoms with E-state index in [1.165, 1.54) is 0 Å². The van der Waals surface area contributed by atoms with Crippen molar-refractivity contribution in [1.29, 1.82) is 0 Å². The minimum absolute atomic E-state index is 0.0822. The minimum atomic E-state index is -1.61. The first kappa shape index (κ1) is 9.25. The van der Waals surface area contributed by atoms with Crippen LogP contribution in [0.4, 0.5) is 0 Å². The molecule has 0 aromatic rings. The smallest absolute Gasteiger partial charge is 0.279 e. The van der Waals surface area contributed by atoms with Gasteiger partial charge in [0, 0.05) is 0 Å². The summed E-state index contributed by atoms with van der Waals surface area (Å²) in [6.45, 7) is -0.164. The SMILES string of the molecule is O=NN1CNCN(N=O)C1[N+](=O)[O-]. The van der Waals surface area contributed by atoms with Gasteiger partial charge in [-0.1, -0.05) is 0 Å². The van der Waals surface area contributed by atoms with Crippen LogP contribution in [0.5, 0.6) is 0 Å². The zero-order valence-electron chi connectivity index (χ0n) is 6.36. The molecule has 13 heavy (non-hydrogen) atoms. The maximum atomic E-state index is 10.4. The number of nitrogens with zero attached hydrogens (tertiary/aromatic N) is 5. The molecular formula is C3H6N6O4. The summed E-state index contributed by atoms with van der Waals surface area (Å²) in [7, 11) is 0. The Labute approximate surface area is 71.5 Å². The van der Waals surface area contributed by atoms with Crippen LogP contribution < -0.4 is 5.32 Å². The molecule has 1 aliphatic heterocycles. The molecule has 0 unspecified atom stereocenters. The fourth-order valence-corrected chi connectivity index (χ4v) is 0.956. The fourth-order valence-electron chi connectivity index (χ4n) is 0.956. The molecule has 1 fully saturated rings. The van der Waals surface area contributed by atoms with Crippen LogP contribution in [0.1, 0.15) is 0 Å². The number of nitroso groups, excluding NO2 is 2. The number of nitrogens with one attached hydrogen (secondary N) is 1. The van der Waals surface area contributed by atoms with Crippen LogP contribution in [-0.4, -0.2) is 34.6 Å². The predicted molar refractivity (Wildman–Crippen MR) is 38.9 cm³/mol. The van der Waals surface area contributed by atoms with Gasteiger partial charge in [0.05, 0.1) is 28.8 Å². The van der Waals surface area contributed by atoms with E-state index >= 15 is 0 Å². The third kappa shape index (κ3) is 1.66. The number of rotatable bonds is 3. The molecule has 10 heteroatoms. The lowest BCUT2D eigenvalue weighted by Crippen LogP contribution is -2.59. The monoisotopic (exact) mass is 190 g/mol. The fraction of sp³-hybridized carbons (Fsp3) is 1.00. The normalized spacial score (nSPS) is 18.5. The zero-order chi connectivity index (χ0) is 9.84. The maximum Gasteiger partial charge on any atom is 0.404 e. The summed E-state index contributed by atoms with van der Waals surface area (Å²) in [6.07, 6.45) is -1.61. The third-order valence-electron chi connectivity index (χ3n) is 1.48. The van der Waals surface area contributed by atoms with Gasteiger partial charge in [0.25, 0.3) is 0 Å². The van der Waals surface area contributed by atoms with Crippen molar-refractivity contribution in [3.63, 3.8) is 0 Å². The van der Waals surface area contributed by atoms with Crippen molar-refractivity contribution >= 4 is 0 Å². The molecule has 1 saturated heterocycles. The summed E-state index contributed by atoms with van der Waals surface area (Å²) < 4.78 is 0. The first-order chi connectivity index (χ1) is 6.20. The highest BCUT2D eigenvalue weighted by Crippen LogP contribution is 2.10. The van der Waals surface area contributed by atoms with Gasteiger partial charge in [-0.05, 0) is 0 Å². The summed E-state index contributed by atoms with van der Waals surface area (Å²) >= 11 is 0. The molecule has 0 radical (unpaired) electrons. The lowest BCUT2D eigenvalue weighted by Gasteiger charge is -2.30. The van der Waals surface area contributed by atoms with Crippen LogP contribution in [0.25, 0.3) is 0 Å². The highest BCUT2D eigenvalue weighted by atomic mass is 16.6. The lowest BCUT2D eigenvalue weighted by molar-refractivity contribution is -0.586. The highest BCUT2D eigenvalue weighted by Gasteiger charge is 2.39. The van der Waals surface area contributed by atoms with Crippen LogP contribution >= 0.6 is 0 Å². The van der Waals surface area contributed by atoms with Crippen LogP contribution in [0.3, 0.4) is 0 Å². The van der Waals surface area contributed by atoms with Gasteiger partial charge in [-0.3, -0.25) is 15.4 Å². The number of hydrogen-bond acceptors (Lipinski definition) is 7. The summed E-state index contributed by atoms with van der Waals surface area (Å²) in [4.78, 5) is 29.8. The lowest BCUT2D eigenvalue weighted by atomic mass is 10.6. The number of nitro groups is 1. The van der Waals surface area contributed by atoms with Crippen molar-refractivity contribution in [3.8, 4) is 0 Å². The van der Waals surface area contributed by atoms with E-state index in [1.807, 2.05) is 0 Å². The van der Waals surface area contributed by atoms with Crippen molar-refractivity contribution in [2.24, 2.45) is 10.6 Å². The first-order valence-corrected chi connectivity index (χ1v) is 3.24. The van der Waals surface area contributed by atoms with Gasteiger partial charge in [0.15, 0.2) is 0 Å². The van der Waals surface area contributed by atoms with Crippen LogP contribution in [-0.2, 0) is 0 Å². The molecule has 0 atom stereocenters. The molecule has 0 bridgehead atoms. The van der Waals surface area contributed by atoms with Crippen LogP contribution in [0.2, 0.25) is 0 Å². The minimum Gasteiger partial charge on any atom is -0.279 e. The first-order valence-electron chi connectivity index (χ1n) is 3.24. The molecule has 0 spiro atoms. The second-order valence-corrected chi connectivity index (χ2v) is 2.24. The van der Waals surface area contributed by atoms with Gasteiger partial charge in [-0.15, -0.1) is 9.81 Å². The van der Waals surface area contributed by atoms with Crippen molar-refractivity contribution < 1.29 is 4.92 Å². The van der Waals surface area contributed by atoms with E-state index in [2.05, 4.69) is 15.9 Å². The van der Waals surface area contributed by atoms with E-state index in [-0.39, 0.29) is 13.3 Å². The molecule has 0 aromatic carbocycles. The largest absolute Gasteiger partial charge is 0.404 e. The molecule has 1 aliphatic rings. The van der Waals surface area contributed by atoms with Gasteiger partial charge in [0.1, 0.15) is 0 Å². The van der Waals surface area contributed by atoms with Gasteiger partial charge < -0.3 is 0 Å². The van der Waals surface area contributed by atoms with E-state index in [1.54, 1.807) is 0 Å². The van der Waals surface area contributed by atoms with Crippen LogP contribution in [0, 0.1) is 19.9 Å². The second-order valence-electron chi connectivity index (χ2n) is 2.24. The molecule has 1 rings (SSSR count). The Hall–Kier alpha value is -1.84. The molecule has 1 N–H and O–H groups in total. The quantitative estimate of drug-likeness (QED) is 0.345. The predicted octanol–water partition coefficient (Wildman–Crippen LogP) is -0.968. The third-order valence-corrected chi connectivity index (χ3v) is 1.48. The standard InChI is InChI=1S/C3H6N6O4/c10-5-7-1-4-2-8(6-11)3(7)9(12)13/h3-4H,1-2H2. The van der Waals surface area contributed by atoms with E-state index in [4.69, 9.17) is 0 Å². The topological polar surface area (TPSA) is 121 Å². The zero-order valence-corrected chi connectivity index (χ0v) is 6.36. The second kappa shape index (κ2) is 3.71. The number of hydrogen-bond donors (Lipinski definition) is 1. The molecule has 0 saturated carbocycles. The van der Waals surface area contributed by atoms with Crippen molar-refractivity contribution in [2.45, 2.75) is 6.29 Å². The Balaban J connectivity index is 2.81. The van der Waals surface area contributed by atoms with E-state index in [9.17, 15) is 19.9 Å². The molecule has 10 nitrogen and oxygen atoms in total. The molecular weight excluding hydrogens is 184 g/mol. The highest BCUT2D eigenvalue weighted by molar-refractivity contribution is 4.63. The van der Waals surface area contributed by atoms with Gasteiger partial charge >= 0.3 is 6.29 Å². The Morgan fingerprint density at radius 2 is 1.77 bits per heavy atom. The van der Waals surface area contributed by atoms with Gasteiger partial charge in [-0.25, -0.2) is 0 Å². The van der Waals surface area contributed by atoms with Crippen molar-refractivity contribution in [3.05, 3.63) is 19.9 Å². The van der Waals surface area contributed by atoms with E-state index in [0.717, 1.165) is 0 Å². The van der Waals surface area contributed by atoms with E-state index in [0.29, 0.717) is 10.0 Å². The maximum absolute atomic E-state index is 10.4. The molecule has 0 aliphatic carbocycles. The Bertz CT molecular complexity index is 216. The molecule has 1 heterocycles. The average molecular weight is 190 g/mol. The van der Waals surface area contributed by atoms with Gasteiger partial charge in [-0.2, -0.15) is 10.0 Å². The molecule has 72 valence electrons. The Morgan fingerprint density at radius 3 is 2.08 bits per heavy atom. The van der Waals surface area contributed by atoms with E-state index < -0.39 is 11.2 Å². The average Bonchev–Trinajstić information content (AvgIpc) is 2.16. The summed E-state index contributed by atoms with van der Waals surface area (Å²) in [6, 6.07) is 0.